The van der Waals surface area contributed by atoms with E-state index in [-0.39, 0.29) is 5.91 Å². The van der Waals surface area contributed by atoms with Gasteiger partial charge in [0.15, 0.2) is 0 Å². The molecule has 0 aliphatic rings. The van der Waals surface area contributed by atoms with Crippen molar-refractivity contribution < 1.29 is 4.79 Å². The summed E-state index contributed by atoms with van der Waals surface area (Å²) in [5.74, 6) is 0.0445. The van der Waals surface area contributed by atoms with Gasteiger partial charge in [-0.1, -0.05) is 0 Å². The average Bonchev–Trinajstić information content (AvgIpc) is 2.69. The second-order valence-corrected chi connectivity index (χ2v) is 4.23. The molecule has 0 radical (unpaired) electrons. The highest BCUT2D eigenvalue weighted by atomic mass is 16.2. The molecule has 2 rings (SSSR count). The number of aryl methyl sites for hydroxylation is 2. The molecule has 104 valence electrons. The summed E-state index contributed by atoms with van der Waals surface area (Å²) in [5, 5.41) is 4.28. The molecule has 0 atom stereocenters. The maximum Gasteiger partial charge on any atom is 0.262 e. The van der Waals surface area contributed by atoms with E-state index < -0.39 is 0 Å². The molecular formula is C13H16N6O. The zero-order valence-electron chi connectivity index (χ0n) is 11.6. The number of hydrogen-bond donors (Lipinski definition) is 2. The minimum absolute atomic E-state index is 0.292. The first kappa shape index (κ1) is 13.7. The lowest BCUT2D eigenvalue weighted by Gasteiger charge is -2.03. The summed E-state index contributed by atoms with van der Waals surface area (Å²) in [6.45, 7) is 3.86. The molecule has 1 amide bonds. The third-order valence-electron chi connectivity index (χ3n) is 2.83. The number of aromatic nitrogens is 4. The van der Waals surface area contributed by atoms with Gasteiger partial charge in [-0.2, -0.15) is 5.10 Å². The van der Waals surface area contributed by atoms with Crippen molar-refractivity contribution in [2.24, 2.45) is 7.05 Å². The third kappa shape index (κ3) is 3.19. The molecule has 0 fully saturated rings. The number of anilines is 1. The molecule has 0 aromatic carbocycles. The number of rotatable bonds is 4. The predicted octanol–water partition coefficient (Wildman–Crippen LogP) is 0.983. The van der Waals surface area contributed by atoms with Crippen molar-refractivity contribution in [3.8, 4) is 0 Å². The van der Waals surface area contributed by atoms with E-state index in [1.165, 1.54) is 6.08 Å². The zero-order chi connectivity index (χ0) is 14.5. The minimum Gasteiger partial charge on any atom is -0.272 e. The number of carbonyl (C=O) groups is 1. The first-order valence-corrected chi connectivity index (χ1v) is 6.09. The van der Waals surface area contributed by atoms with Gasteiger partial charge in [0.05, 0.1) is 5.69 Å². The van der Waals surface area contributed by atoms with Gasteiger partial charge in [0.25, 0.3) is 5.91 Å². The Morgan fingerprint density at radius 2 is 2.00 bits per heavy atom. The Labute approximate surface area is 116 Å². The lowest BCUT2D eigenvalue weighted by Crippen LogP contribution is -2.28. The Hall–Kier alpha value is -2.70. The molecule has 7 nitrogen and oxygen atoms in total. The van der Waals surface area contributed by atoms with Crippen LogP contribution in [-0.2, 0) is 11.8 Å². The van der Waals surface area contributed by atoms with Gasteiger partial charge in [-0.25, -0.2) is 9.97 Å². The van der Waals surface area contributed by atoms with Crippen LogP contribution in [0.4, 0.5) is 5.95 Å². The predicted molar refractivity (Wildman–Crippen MR) is 75.5 cm³/mol. The van der Waals surface area contributed by atoms with Crippen molar-refractivity contribution in [1.29, 1.82) is 0 Å². The normalized spacial score (nSPS) is 10.8. The van der Waals surface area contributed by atoms with Crippen LogP contribution in [0.5, 0.6) is 0 Å². The number of nitrogens with zero attached hydrogens (tertiary/aromatic N) is 4. The molecule has 0 saturated carbocycles. The Kier molecular flexibility index (Phi) is 4.09. The Morgan fingerprint density at radius 3 is 2.60 bits per heavy atom. The minimum atomic E-state index is -0.292. The zero-order valence-corrected chi connectivity index (χ0v) is 11.6. The fraction of sp³-hybridized carbons (Fsp3) is 0.231. The summed E-state index contributed by atoms with van der Waals surface area (Å²) in [4.78, 5) is 19.5. The van der Waals surface area contributed by atoms with E-state index in [4.69, 9.17) is 0 Å². The third-order valence-corrected chi connectivity index (χ3v) is 2.83. The molecule has 20 heavy (non-hydrogen) atoms. The molecule has 0 aliphatic heterocycles. The molecule has 0 unspecified atom stereocenters. The summed E-state index contributed by atoms with van der Waals surface area (Å²) in [6, 6.07) is 1.70. The van der Waals surface area contributed by atoms with Crippen molar-refractivity contribution in [2.45, 2.75) is 13.8 Å². The van der Waals surface area contributed by atoms with Crippen LogP contribution in [-0.4, -0.2) is 25.7 Å². The summed E-state index contributed by atoms with van der Waals surface area (Å²) in [5.41, 5.74) is 7.94. The summed E-state index contributed by atoms with van der Waals surface area (Å²) in [6.07, 6.45) is 6.34. The van der Waals surface area contributed by atoms with Gasteiger partial charge < -0.3 is 0 Å². The van der Waals surface area contributed by atoms with Crippen LogP contribution < -0.4 is 10.9 Å². The topological polar surface area (TPSA) is 84.7 Å². The van der Waals surface area contributed by atoms with Crippen LogP contribution >= 0.6 is 0 Å². The SMILES string of the molecule is Cc1nn(C)c(C)c1C=CC(=O)NNc1ncccn1. The van der Waals surface area contributed by atoms with Gasteiger partial charge in [-0.05, 0) is 26.0 Å². The first-order valence-electron chi connectivity index (χ1n) is 6.09. The number of hydrazine groups is 1. The second-order valence-electron chi connectivity index (χ2n) is 4.23. The first-order chi connectivity index (χ1) is 9.58. The van der Waals surface area contributed by atoms with Crippen molar-refractivity contribution in [3.63, 3.8) is 0 Å². The van der Waals surface area contributed by atoms with Crippen molar-refractivity contribution in [2.75, 3.05) is 5.43 Å². The average molecular weight is 272 g/mol. The van der Waals surface area contributed by atoms with E-state index in [2.05, 4.69) is 25.9 Å². The molecule has 0 aliphatic carbocycles. The van der Waals surface area contributed by atoms with E-state index >= 15 is 0 Å². The fourth-order valence-electron chi connectivity index (χ4n) is 1.71. The van der Waals surface area contributed by atoms with Crippen LogP contribution in [0.25, 0.3) is 6.08 Å². The van der Waals surface area contributed by atoms with Crippen LogP contribution in [0, 0.1) is 13.8 Å². The molecule has 2 heterocycles. The molecule has 0 bridgehead atoms. The summed E-state index contributed by atoms with van der Waals surface area (Å²) in [7, 11) is 1.87. The van der Waals surface area contributed by atoms with Crippen LogP contribution in [0.3, 0.4) is 0 Å². The summed E-state index contributed by atoms with van der Waals surface area (Å²) >= 11 is 0. The maximum atomic E-state index is 11.7. The van der Waals surface area contributed by atoms with Gasteiger partial charge >= 0.3 is 0 Å². The van der Waals surface area contributed by atoms with E-state index in [1.54, 1.807) is 29.2 Å². The molecular weight excluding hydrogens is 256 g/mol. The van der Waals surface area contributed by atoms with Crippen LogP contribution in [0.2, 0.25) is 0 Å². The number of carbonyl (C=O) groups excluding carboxylic acids is 1. The Bertz CT molecular complexity index is 632. The smallest absolute Gasteiger partial charge is 0.262 e. The van der Waals surface area contributed by atoms with Gasteiger partial charge in [-0.3, -0.25) is 20.3 Å². The molecule has 2 aromatic heterocycles. The van der Waals surface area contributed by atoms with Crippen molar-refractivity contribution in [1.82, 2.24) is 25.2 Å². The lowest BCUT2D eigenvalue weighted by molar-refractivity contribution is -0.116. The molecule has 0 saturated heterocycles. The van der Waals surface area contributed by atoms with Crippen molar-refractivity contribution in [3.05, 3.63) is 41.5 Å². The van der Waals surface area contributed by atoms with Gasteiger partial charge in [0, 0.05) is 36.8 Å². The Morgan fingerprint density at radius 1 is 1.30 bits per heavy atom. The quantitative estimate of drug-likeness (QED) is 0.640. The van der Waals surface area contributed by atoms with Crippen molar-refractivity contribution >= 4 is 17.9 Å². The molecule has 0 spiro atoms. The largest absolute Gasteiger partial charge is 0.272 e. The standard InChI is InChI=1S/C13H16N6O/c1-9-11(10(2)19(3)18-9)5-6-12(20)16-17-13-14-7-4-8-15-13/h4-8H,1-3H3,(H,16,20)(H,14,15,17). The second kappa shape index (κ2) is 5.96. The maximum absolute atomic E-state index is 11.7. The van der Waals surface area contributed by atoms with Gasteiger partial charge in [0.1, 0.15) is 0 Å². The van der Waals surface area contributed by atoms with Crippen LogP contribution in [0.1, 0.15) is 17.0 Å². The van der Waals surface area contributed by atoms with E-state index in [9.17, 15) is 4.79 Å². The van der Waals surface area contributed by atoms with E-state index in [0.717, 1.165) is 17.0 Å². The highest BCUT2D eigenvalue weighted by molar-refractivity contribution is 5.92. The fourth-order valence-corrected chi connectivity index (χ4v) is 1.71. The lowest BCUT2D eigenvalue weighted by atomic mass is 10.2. The number of hydrogen-bond acceptors (Lipinski definition) is 5. The van der Waals surface area contributed by atoms with Gasteiger partial charge in [-0.15, -0.1) is 0 Å². The monoisotopic (exact) mass is 272 g/mol. The van der Waals surface area contributed by atoms with E-state index in [0.29, 0.717) is 5.95 Å². The number of amides is 1. The number of nitrogens with one attached hydrogen (secondary N) is 2. The van der Waals surface area contributed by atoms with Gasteiger partial charge in [0.2, 0.25) is 5.95 Å². The highest BCUT2D eigenvalue weighted by Crippen LogP contribution is 2.13. The summed E-state index contributed by atoms with van der Waals surface area (Å²) < 4.78 is 1.78. The van der Waals surface area contributed by atoms with E-state index in [1.807, 2.05) is 20.9 Å². The van der Waals surface area contributed by atoms with Crippen LogP contribution in [0.15, 0.2) is 24.5 Å². The molecule has 2 aromatic rings. The highest BCUT2D eigenvalue weighted by Gasteiger charge is 2.06. The molecule has 7 heteroatoms. The molecule has 2 N–H and O–H groups in total. The Balaban J connectivity index is 1.96.